The van der Waals surface area contributed by atoms with Crippen LogP contribution in [-0.4, -0.2) is 48.6 Å². The van der Waals surface area contributed by atoms with Gasteiger partial charge in [-0.3, -0.25) is 4.90 Å². The largest absolute Gasteiger partial charge is 0.325 e. The molecule has 2 fully saturated rings. The zero-order chi connectivity index (χ0) is 13.3. The fraction of sp³-hybridized carbons (Fsp3) is 0.625. The van der Waals surface area contributed by atoms with Crippen molar-refractivity contribution in [3.8, 4) is 0 Å². The van der Waals surface area contributed by atoms with E-state index in [0.717, 1.165) is 13.0 Å². The van der Waals surface area contributed by atoms with Crippen molar-refractivity contribution < 1.29 is 0 Å². The van der Waals surface area contributed by atoms with E-state index in [-0.39, 0.29) is 5.54 Å². The fourth-order valence-corrected chi connectivity index (χ4v) is 2.85. The summed E-state index contributed by atoms with van der Waals surface area (Å²) >= 11 is 0. The van der Waals surface area contributed by atoms with Crippen LogP contribution in [0.2, 0.25) is 0 Å². The van der Waals surface area contributed by atoms with Gasteiger partial charge in [0.25, 0.3) is 0 Å². The minimum absolute atomic E-state index is 0.109. The zero-order valence-electron chi connectivity index (χ0n) is 11.9. The Balaban J connectivity index is 1.66. The molecule has 1 saturated heterocycles. The molecule has 19 heavy (non-hydrogen) atoms. The Kier molecular flexibility index (Phi) is 3.61. The van der Waals surface area contributed by atoms with Gasteiger partial charge in [0.1, 0.15) is 0 Å². The van der Waals surface area contributed by atoms with Gasteiger partial charge in [-0.05, 0) is 37.4 Å². The van der Waals surface area contributed by atoms with Gasteiger partial charge in [-0.2, -0.15) is 0 Å². The quantitative estimate of drug-likeness (QED) is 0.889. The lowest BCUT2D eigenvalue weighted by Crippen LogP contribution is -2.44. The predicted molar refractivity (Wildman–Crippen MR) is 79.1 cm³/mol. The molecule has 3 heteroatoms. The van der Waals surface area contributed by atoms with Crippen molar-refractivity contribution in [3.05, 3.63) is 35.4 Å². The van der Waals surface area contributed by atoms with E-state index in [0.29, 0.717) is 0 Å². The molecule has 0 bridgehead atoms. The molecule has 0 spiro atoms. The van der Waals surface area contributed by atoms with Crippen molar-refractivity contribution in [2.45, 2.75) is 31.3 Å². The molecule has 1 aliphatic carbocycles. The Labute approximate surface area is 116 Å². The van der Waals surface area contributed by atoms with E-state index in [1.807, 2.05) is 0 Å². The van der Waals surface area contributed by atoms with Gasteiger partial charge < -0.3 is 10.6 Å². The highest BCUT2D eigenvalue weighted by molar-refractivity contribution is 5.30. The number of hydrogen-bond donors (Lipinski definition) is 1. The monoisotopic (exact) mass is 259 g/mol. The molecule has 2 N–H and O–H groups in total. The van der Waals surface area contributed by atoms with Gasteiger partial charge in [-0.25, -0.2) is 0 Å². The van der Waals surface area contributed by atoms with Crippen molar-refractivity contribution in [1.29, 1.82) is 0 Å². The summed E-state index contributed by atoms with van der Waals surface area (Å²) in [5.41, 5.74) is 9.32. The number of rotatable bonds is 4. The highest BCUT2D eigenvalue weighted by Gasteiger charge is 2.38. The number of nitrogens with two attached hydrogens (primary N) is 1. The Morgan fingerprint density at radius 3 is 2.32 bits per heavy atom. The maximum atomic E-state index is 6.28. The van der Waals surface area contributed by atoms with Crippen LogP contribution in [0.3, 0.4) is 0 Å². The molecule has 0 aromatic heterocycles. The molecule has 0 unspecified atom stereocenters. The lowest BCUT2D eigenvalue weighted by molar-refractivity contribution is 0.148. The third-order valence-electron chi connectivity index (χ3n) is 4.54. The van der Waals surface area contributed by atoms with E-state index in [2.05, 4.69) is 41.1 Å². The molecular formula is C16H25N3. The second kappa shape index (κ2) is 5.23. The van der Waals surface area contributed by atoms with E-state index in [1.165, 1.54) is 50.1 Å². The summed E-state index contributed by atoms with van der Waals surface area (Å²) < 4.78 is 0. The molecule has 1 aromatic carbocycles. The maximum Gasteiger partial charge on any atom is 0.0237 e. The molecule has 1 saturated carbocycles. The summed E-state index contributed by atoms with van der Waals surface area (Å²) in [6, 6.07) is 8.84. The summed E-state index contributed by atoms with van der Waals surface area (Å²) in [6.45, 7) is 5.81. The topological polar surface area (TPSA) is 32.5 Å². The second-order valence-electron chi connectivity index (χ2n) is 6.39. The molecule has 0 atom stereocenters. The Morgan fingerprint density at radius 2 is 1.68 bits per heavy atom. The summed E-state index contributed by atoms with van der Waals surface area (Å²) in [7, 11) is 2.20. The van der Waals surface area contributed by atoms with Crippen LogP contribution >= 0.6 is 0 Å². The van der Waals surface area contributed by atoms with Crippen molar-refractivity contribution >= 4 is 0 Å². The molecule has 1 aliphatic heterocycles. The molecule has 104 valence electrons. The lowest BCUT2D eigenvalue weighted by atomic mass is 9.99. The van der Waals surface area contributed by atoms with Gasteiger partial charge in [-0.1, -0.05) is 24.3 Å². The van der Waals surface area contributed by atoms with Crippen LogP contribution in [0.5, 0.6) is 0 Å². The van der Waals surface area contributed by atoms with Crippen LogP contribution in [0.1, 0.15) is 24.0 Å². The van der Waals surface area contributed by atoms with E-state index >= 15 is 0 Å². The molecule has 2 aliphatic rings. The number of nitrogens with zero attached hydrogens (tertiary/aromatic N) is 2. The number of benzene rings is 1. The molecular weight excluding hydrogens is 234 g/mol. The van der Waals surface area contributed by atoms with E-state index in [9.17, 15) is 0 Å². The van der Waals surface area contributed by atoms with Gasteiger partial charge in [0.2, 0.25) is 0 Å². The van der Waals surface area contributed by atoms with Crippen molar-refractivity contribution in [3.63, 3.8) is 0 Å². The van der Waals surface area contributed by atoms with Crippen molar-refractivity contribution in [2.24, 2.45) is 5.73 Å². The Hall–Kier alpha value is -0.900. The van der Waals surface area contributed by atoms with Crippen LogP contribution < -0.4 is 5.73 Å². The first kappa shape index (κ1) is 13.1. The SMILES string of the molecule is CN1CCN(Cc2ccccc2CC2(N)CC2)CC1. The van der Waals surface area contributed by atoms with Crippen LogP contribution in [0.25, 0.3) is 0 Å². The van der Waals surface area contributed by atoms with Gasteiger partial charge in [0.15, 0.2) is 0 Å². The van der Waals surface area contributed by atoms with Crippen LogP contribution in [0.4, 0.5) is 0 Å². The third-order valence-corrected chi connectivity index (χ3v) is 4.54. The highest BCUT2D eigenvalue weighted by atomic mass is 15.2. The van der Waals surface area contributed by atoms with Gasteiger partial charge in [-0.15, -0.1) is 0 Å². The highest BCUT2D eigenvalue weighted by Crippen LogP contribution is 2.36. The minimum atomic E-state index is 0.109. The molecule has 3 rings (SSSR count). The average molecular weight is 259 g/mol. The van der Waals surface area contributed by atoms with Crippen LogP contribution in [-0.2, 0) is 13.0 Å². The van der Waals surface area contributed by atoms with Crippen LogP contribution in [0, 0.1) is 0 Å². The first-order valence-electron chi connectivity index (χ1n) is 7.41. The summed E-state index contributed by atoms with van der Waals surface area (Å²) in [5.74, 6) is 0. The third kappa shape index (κ3) is 3.35. The Morgan fingerprint density at radius 1 is 1.05 bits per heavy atom. The minimum Gasteiger partial charge on any atom is -0.325 e. The van der Waals surface area contributed by atoms with Crippen molar-refractivity contribution in [1.82, 2.24) is 9.80 Å². The number of hydrogen-bond acceptors (Lipinski definition) is 3. The van der Waals surface area contributed by atoms with E-state index < -0.39 is 0 Å². The summed E-state index contributed by atoms with van der Waals surface area (Å²) in [5, 5.41) is 0. The lowest BCUT2D eigenvalue weighted by Gasteiger charge is -2.32. The standard InChI is InChI=1S/C16H25N3/c1-18-8-10-19(11-9-18)13-15-5-3-2-4-14(15)12-16(17)6-7-16/h2-5H,6-13,17H2,1H3. The first-order chi connectivity index (χ1) is 9.15. The summed E-state index contributed by atoms with van der Waals surface area (Å²) in [4.78, 5) is 4.97. The molecule has 3 nitrogen and oxygen atoms in total. The fourth-order valence-electron chi connectivity index (χ4n) is 2.85. The van der Waals surface area contributed by atoms with E-state index in [4.69, 9.17) is 5.73 Å². The van der Waals surface area contributed by atoms with Gasteiger partial charge >= 0.3 is 0 Å². The van der Waals surface area contributed by atoms with Gasteiger partial charge in [0, 0.05) is 38.3 Å². The molecule has 1 aromatic rings. The molecule has 1 heterocycles. The normalized spacial score (nSPS) is 23.5. The second-order valence-corrected chi connectivity index (χ2v) is 6.39. The number of likely N-dealkylation sites (N-methyl/N-ethyl adjacent to an activating group) is 1. The molecule has 0 radical (unpaired) electrons. The van der Waals surface area contributed by atoms with Crippen LogP contribution in [0.15, 0.2) is 24.3 Å². The average Bonchev–Trinajstić information content (AvgIpc) is 3.12. The number of piperazine rings is 1. The van der Waals surface area contributed by atoms with Gasteiger partial charge in [0.05, 0.1) is 0 Å². The Bertz CT molecular complexity index is 431. The van der Waals surface area contributed by atoms with Crippen molar-refractivity contribution in [2.75, 3.05) is 33.2 Å². The summed E-state index contributed by atoms with van der Waals surface area (Å²) in [6.07, 6.45) is 3.43. The molecule has 0 amide bonds. The zero-order valence-corrected chi connectivity index (χ0v) is 11.9. The first-order valence-corrected chi connectivity index (χ1v) is 7.41. The van der Waals surface area contributed by atoms with E-state index in [1.54, 1.807) is 0 Å². The maximum absolute atomic E-state index is 6.28. The smallest absolute Gasteiger partial charge is 0.0237 e. The predicted octanol–water partition coefficient (Wildman–Crippen LogP) is 1.47.